The van der Waals surface area contributed by atoms with Crippen molar-refractivity contribution in [3.63, 3.8) is 0 Å². The zero-order valence-corrected chi connectivity index (χ0v) is 16.7. The van der Waals surface area contributed by atoms with E-state index in [0.29, 0.717) is 22.5 Å². The second kappa shape index (κ2) is 8.62. The zero-order chi connectivity index (χ0) is 21.8. The summed E-state index contributed by atoms with van der Waals surface area (Å²) in [6, 6.07) is 13.5. The summed E-state index contributed by atoms with van der Waals surface area (Å²) in [5.41, 5.74) is 0.541. The van der Waals surface area contributed by atoms with Crippen LogP contribution >= 0.6 is 0 Å². The van der Waals surface area contributed by atoms with Crippen molar-refractivity contribution in [1.82, 2.24) is 19.1 Å². The monoisotopic (exact) mass is 417 g/mol. The molecule has 156 valence electrons. The molecule has 1 N–H and O–H groups in total. The number of pyridine rings is 2. The van der Waals surface area contributed by atoms with Crippen LogP contribution in [0.5, 0.6) is 5.75 Å². The molecule has 9 heteroatoms. The fourth-order valence-corrected chi connectivity index (χ4v) is 3.23. The molecule has 0 saturated heterocycles. The van der Waals surface area contributed by atoms with Gasteiger partial charge in [0.25, 0.3) is 5.56 Å². The van der Waals surface area contributed by atoms with Crippen LogP contribution in [0.2, 0.25) is 0 Å². The van der Waals surface area contributed by atoms with Crippen LogP contribution in [0.4, 0.5) is 5.69 Å². The molecular weight excluding hydrogens is 398 g/mol. The van der Waals surface area contributed by atoms with Crippen LogP contribution in [0.3, 0.4) is 0 Å². The highest BCUT2D eigenvalue weighted by Gasteiger charge is 2.16. The number of carbonyl (C=O) groups is 1. The summed E-state index contributed by atoms with van der Waals surface area (Å²) in [6.07, 6.45) is 4.66. The molecule has 0 spiro atoms. The van der Waals surface area contributed by atoms with Gasteiger partial charge in [-0.05, 0) is 48.0 Å². The molecule has 0 aliphatic carbocycles. The molecular formula is C22H19N5O4. The molecule has 1 aromatic carbocycles. The van der Waals surface area contributed by atoms with Gasteiger partial charge in [-0.3, -0.25) is 23.7 Å². The molecule has 0 atom stereocenters. The highest BCUT2D eigenvalue weighted by molar-refractivity contribution is 5.91. The first kappa shape index (κ1) is 20.0. The number of benzene rings is 1. The van der Waals surface area contributed by atoms with E-state index in [4.69, 9.17) is 4.74 Å². The minimum Gasteiger partial charge on any atom is -0.497 e. The Bertz CT molecular complexity index is 1340. The molecule has 0 bridgehead atoms. The first-order valence-corrected chi connectivity index (χ1v) is 9.48. The Morgan fingerprint density at radius 3 is 2.52 bits per heavy atom. The van der Waals surface area contributed by atoms with Gasteiger partial charge in [0.1, 0.15) is 12.3 Å². The smallest absolute Gasteiger partial charge is 0.332 e. The molecule has 9 nitrogen and oxygen atoms in total. The van der Waals surface area contributed by atoms with Gasteiger partial charge in [-0.25, -0.2) is 9.78 Å². The predicted molar refractivity (Wildman–Crippen MR) is 115 cm³/mol. The molecule has 0 fully saturated rings. The molecule has 3 aromatic heterocycles. The number of fused-ring (bicyclic) bond motifs is 1. The number of hydrogen-bond acceptors (Lipinski definition) is 6. The number of methoxy groups -OCH3 is 1. The number of carbonyl (C=O) groups excluding carboxylic acids is 1. The Morgan fingerprint density at radius 2 is 1.81 bits per heavy atom. The van der Waals surface area contributed by atoms with Crippen LogP contribution in [-0.4, -0.2) is 32.1 Å². The summed E-state index contributed by atoms with van der Waals surface area (Å²) in [5, 5.41) is 2.75. The predicted octanol–water partition coefficient (Wildman–Crippen LogP) is 1.65. The Balaban J connectivity index is 1.71. The van der Waals surface area contributed by atoms with Crippen molar-refractivity contribution in [1.29, 1.82) is 0 Å². The van der Waals surface area contributed by atoms with E-state index in [-0.39, 0.29) is 18.6 Å². The van der Waals surface area contributed by atoms with Gasteiger partial charge >= 0.3 is 5.69 Å². The fraction of sp³-hybridized carbons (Fsp3) is 0.136. The van der Waals surface area contributed by atoms with E-state index in [0.717, 1.165) is 4.57 Å². The maximum absolute atomic E-state index is 13.2. The van der Waals surface area contributed by atoms with Gasteiger partial charge in [0, 0.05) is 24.3 Å². The lowest BCUT2D eigenvalue weighted by molar-refractivity contribution is -0.116. The third-order valence-electron chi connectivity index (χ3n) is 4.73. The summed E-state index contributed by atoms with van der Waals surface area (Å²) >= 11 is 0. The van der Waals surface area contributed by atoms with Crippen LogP contribution < -0.4 is 21.3 Å². The summed E-state index contributed by atoms with van der Waals surface area (Å²) in [5.74, 6) is 0.248. The Kier molecular flexibility index (Phi) is 5.57. The van der Waals surface area contributed by atoms with Crippen molar-refractivity contribution < 1.29 is 9.53 Å². The van der Waals surface area contributed by atoms with Crippen molar-refractivity contribution in [3.05, 3.63) is 93.5 Å². The van der Waals surface area contributed by atoms with Gasteiger partial charge < -0.3 is 10.1 Å². The van der Waals surface area contributed by atoms with E-state index in [1.807, 2.05) is 0 Å². The quantitative estimate of drug-likeness (QED) is 0.511. The van der Waals surface area contributed by atoms with Crippen molar-refractivity contribution in [2.24, 2.45) is 0 Å². The van der Waals surface area contributed by atoms with Gasteiger partial charge in [-0.1, -0.05) is 6.07 Å². The highest BCUT2D eigenvalue weighted by atomic mass is 16.5. The number of ether oxygens (including phenoxy) is 1. The van der Waals surface area contributed by atoms with Crippen LogP contribution in [0.1, 0.15) is 5.56 Å². The van der Waals surface area contributed by atoms with Crippen molar-refractivity contribution >= 4 is 22.6 Å². The van der Waals surface area contributed by atoms with Crippen LogP contribution in [0.15, 0.2) is 76.7 Å². The normalized spacial score (nSPS) is 10.7. The van der Waals surface area contributed by atoms with E-state index in [1.54, 1.807) is 68.0 Å². The molecule has 4 rings (SSSR count). The van der Waals surface area contributed by atoms with Gasteiger partial charge in [0.15, 0.2) is 5.52 Å². The Morgan fingerprint density at radius 1 is 1.03 bits per heavy atom. The summed E-state index contributed by atoms with van der Waals surface area (Å²) in [6.45, 7) is -0.251. The highest BCUT2D eigenvalue weighted by Crippen LogP contribution is 2.15. The number of hydrogen-bond donors (Lipinski definition) is 1. The lowest BCUT2D eigenvalue weighted by atomic mass is 10.2. The summed E-state index contributed by atoms with van der Waals surface area (Å²) in [7, 11) is 1.56. The summed E-state index contributed by atoms with van der Waals surface area (Å²) in [4.78, 5) is 46.9. The number of amides is 1. The average molecular weight is 417 g/mol. The second-order valence-corrected chi connectivity index (χ2v) is 6.77. The lowest BCUT2D eigenvalue weighted by Crippen LogP contribution is -2.42. The van der Waals surface area contributed by atoms with Crippen LogP contribution in [-0.2, 0) is 17.9 Å². The molecule has 0 aliphatic heterocycles. The third-order valence-corrected chi connectivity index (χ3v) is 4.73. The SMILES string of the molecule is COc1ccc(NC(=O)Cn2c(=O)n(Cc3cccnc3)c(=O)c3ncccc32)cc1. The Hall–Kier alpha value is -4.27. The van der Waals surface area contributed by atoms with Gasteiger partial charge in [0.2, 0.25) is 5.91 Å². The summed E-state index contributed by atoms with van der Waals surface area (Å²) < 4.78 is 7.42. The minimum absolute atomic E-state index is 0.0259. The van der Waals surface area contributed by atoms with Crippen molar-refractivity contribution in [2.45, 2.75) is 13.1 Å². The maximum atomic E-state index is 13.2. The molecule has 4 aromatic rings. The topological polar surface area (TPSA) is 108 Å². The lowest BCUT2D eigenvalue weighted by Gasteiger charge is -2.14. The molecule has 31 heavy (non-hydrogen) atoms. The maximum Gasteiger partial charge on any atom is 0.332 e. The van der Waals surface area contributed by atoms with Crippen molar-refractivity contribution in [2.75, 3.05) is 12.4 Å². The molecule has 3 heterocycles. The zero-order valence-electron chi connectivity index (χ0n) is 16.7. The second-order valence-electron chi connectivity index (χ2n) is 6.77. The molecule has 0 radical (unpaired) electrons. The molecule has 0 aliphatic rings. The number of anilines is 1. The third kappa shape index (κ3) is 4.20. The van der Waals surface area contributed by atoms with Gasteiger partial charge in [0.05, 0.1) is 19.2 Å². The van der Waals surface area contributed by atoms with Crippen LogP contribution in [0, 0.1) is 0 Å². The number of nitrogens with one attached hydrogen (secondary N) is 1. The van der Waals surface area contributed by atoms with E-state index in [9.17, 15) is 14.4 Å². The molecule has 0 unspecified atom stereocenters. The largest absolute Gasteiger partial charge is 0.497 e. The van der Waals surface area contributed by atoms with E-state index in [2.05, 4.69) is 15.3 Å². The minimum atomic E-state index is -0.598. The van der Waals surface area contributed by atoms with Crippen molar-refractivity contribution in [3.8, 4) is 5.75 Å². The number of aromatic nitrogens is 4. The number of nitrogens with zero attached hydrogens (tertiary/aromatic N) is 4. The Labute approximate surface area is 176 Å². The first-order valence-electron chi connectivity index (χ1n) is 9.48. The van der Waals surface area contributed by atoms with Crippen LogP contribution in [0.25, 0.3) is 11.0 Å². The van der Waals surface area contributed by atoms with E-state index >= 15 is 0 Å². The van der Waals surface area contributed by atoms with E-state index in [1.165, 1.54) is 10.8 Å². The molecule has 0 saturated carbocycles. The van der Waals surface area contributed by atoms with E-state index < -0.39 is 17.2 Å². The molecule has 1 amide bonds. The standard InChI is InChI=1S/C22H19N5O4/c1-31-17-8-6-16(7-9-17)25-19(28)14-26-18-5-3-11-24-20(18)21(29)27(22(26)30)13-15-4-2-10-23-12-15/h2-12H,13-14H2,1H3,(H,25,28). The van der Waals surface area contributed by atoms with Gasteiger partial charge in [-0.2, -0.15) is 0 Å². The average Bonchev–Trinajstić information content (AvgIpc) is 2.80. The van der Waals surface area contributed by atoms with Gasteiger partial charge in [-0.15, -0.1) is 0 Å². The first-order chi connectivity index (χ1) is 15.1. The fourth-order valence-electron chi connectivity index (χ4n) is 3.23. The number of rotatable bonds is 6.